The van der Waals surface area contributed by atoms with Crippen LogP contribution in [0.3, 0.4) is 0 Å². The number of nitrogens with one attached hydrogen (secondary N) is 2. The van der Waals surface area contributed by atoms with Gasteiger partial charge in [-0.1, -0.05) is 13.8 Å². The highest BCUT2D eigenvalue weighted by Gasteiger charge is 2.04. The maximum absolute atomic E-state index is 11.4. The van der Waals surface area contributed by atoms with Crippen LogP contribution in [0.2, 0.25) is 0 Å². The number of carbonyl (C=O) groups is 1. The summed E-state index contributed by atoms with van der Waals surface area (Å²) in [6.45, 7) is 7.84. The van der Waals surface area contributed by atoms with Crippen molar-refractivity contribution in [1.82, 2.24) is 20.4 Å². The van der Waals surface area contributed by atoms with Crippen molar-refractivity contribution in [2.24, 2.45) is 13.0 Å². The minimum Gasteiger partial charge on any atom is -0.355 e. The minimum absolute atomic E-state index is 0.0394. The van der Waals surface area contributed by atoms with Crippen LogP contribution < -0.4 is 10.6 Å². The number of hydrogen-bond acceptors (Lipinski definition) is 3. The molecule has 0 unspecified atom stereocenters. The maximum Gasteiger partial charge on any atom is 0.233 e. The smallest absolute Gasteiger partial charge is 0.233 e. The van der Waals surface area contributed by atoms with Gasteiger partial charge in [-0.05, 0) is 18.9 Å². The van der Waals surface area contributed by atoms with E-state index in [1.54, 1.807) is 0 Å². The molecule has 0 atom stereocenters. The first kappa shape index (κ1) is 13.7. The summed E-state index contributed by atoms with van der Waals surface area (Å²) >= 11 is 0. The summed E-state index contributed by atoms with van der Waals surface area (Å²) in [5.41, 5.74) is 2.08. The van der Waals surface area contributed by atoms with E-state index in [-0.39, 0.29) is 5.91 Å². The topological polar surface area (TPSA) is 59.0 Å². The van der Waals surface area contributed by atoms with E-state index < -0.39 is 0 Å². The zero-order valence-corrected chi connectivity index (χ0v) is 11.1. The second kappa shape index (κ2) is 6.39. The van der Waals surface area contributed by atoms with Crippen LogP contribution in [-0.4, -0.2) is 28.8 Å². The summed E-state index contributed by atoms with van der Waals surface area (Å²) in [7, 11) is 1.91. The van der Waals surface area contributed by atoms with E-state index in [1.165, 1.54) is 0 Å². The first-order valence-corrected chi connectivity index (χ1v) is 5.96. The van der Waals surface area contributed by atoms with E-state index in [9.17, 15) is 4.79 Å². The summed E-state index contributed by atoms with van der Waals surface area (Å²) in [5, 5.41) is 10.2. The van der Waals surface area contributed by atoms with Crippen LogP contribution in [0.25, 0.3) is 0 Å². The molecule has 0 radical (unpaired) electrons. The lowest BCUT2D eigenvalue weighted by Crippen LogP contribution is -2.35. The third kappa shape index (κ3) is 4.99. The number of amides is 1. The van der Waals surface area contributed by atoms with E-state index in [4.69, 9.17) is 0 Å². The molecule has 0 bridgehead atoms. The average Bonchev–Trinajstić information content (AvgIpc) is 2.55. The van der Waals surface area contributed by atoms with Gasteiger partial charge in [-0.2, -0.15) is 5.10 Å². The molecule has 0 aliphatic heterocycles. The Bertz CT molecular complexity index is 371. The highest BCUT2D eigenvalue weighted by Crippen LogP contribution is 2.00. The van der Waals surface area contributed by atoms with Crippen LogP contribution in [0.4, 0.5) is 0 Å². The normalized spacial score (nSPS) is 10.9. The van der Waals surface area contributed by atoms with Crippen molar-refractivity contribution in [2.45, 2.75) is 27.3 Å². The molecule has 96 valence electrons. The Kier molecular flexibility index (Phi) is 5.15. The predicted molar refractivity (Wildman–Crippen MR) is 67.5 cm³/mol. The predicted octanol–water partition coefficient (Wildman–Crippen LogP) is 0.590. The molecule has 0 spiro atoms. The third-order valence-electron chi connectivity index (χ3n) is 2.40. The first-order chi connectivity index (χ1) is 7.99. The molecule has 5 heteroatoms. The molecule has 17 heavy (non-hydrogen) atoms. The number of aromatic nitrogens is 2. The quantitative estimate of drug-likeness (QED) is 0.762. The fourth-order valence-electron chi connectivity index (χ4n) is 1.51. The van der Waals surface area contributed by atoms with Crippen molar-refractivity contribution in [3.05, 3.63) is 17.5 Å². The van der Waals surface area contributed by atoms with Gasteiger partial charge in [0.25, 0.3) is 0 Å². The summed E-state index contributed by atoms with van der Waals surface area (Å²) in [4.78, 5) is 11.4. The lowest BCUT2D eigenvalue weighted by atomic mass is 10.2. The molecule has 0 saturated heterocycles. The van der Waals surface area contributed by atoms with Gasteiger partial charge in [0.2, 0.25) is 5.91 Å². The van der Waals surface area contributed by atoms with E-state index in [0.717, 1.165) is 17.9 Å². The summed E-state index contributed by atoms with van der Waals surface area (Å²) < 4.78 is 1.83. The molecule has 0 fully saturated rings. The molecule has 0 aliphatic carbocycles. The number of hydrogen-bond donors (Lipinski definition) is 2. The van der Waals surface area contributed by atoms with Crippen molar-refractivity contribution in [3.63, 3.8) is 0 Å². The number of nitrogens with zero attached hydrogens (tertiary/aromatic N) is 2. The Morgan fingerprint density at radius 2 is 2.24 bits per heavy atom. The second-order valence-electron chi connectivity index (χ2n) is 4.70. The van der Waals surface area contributed by atoms with Crippen LogP contribution in [0, 0.1) is 12.8 Å². The van der Waals surface area contributed by atoms with Gasteiger partial charge >= 0.3 is 0 Å². The van der Waals surface area contributed by atoms with Gasteiger partial charge in [-0.3, -0.25) is 9.48 Å². The fraction of sp³-hybridized carbons (Fsp3) is 0.667. The van der Waals surface area contributed by atoms with Crippen molar-refractivity contribution in [2.75, 3.05) is 13.1 Å². The monoisotopic (exact) mass is 238 g/mol. The number of aryl methyl sites for hydroxylation is 2. The van der Waals surface area contributed by atoms with Crippen molar-refractivity contribution in [3.8, 4) is 0 Å². The Hall–Kier alpha value is -1.36. The van der Waals surface area contributed by atoms with Gasteiger partial charge in [0.15, 0.2) is 0 Å². The van der Waals surface area contributed by atoms with Gasteiger partial charge in [0.1, 0.15) is 0 Å². The molecular weight excluding hydrogens is 216 g/mol. The van der Waals surface area contributed by atoms with E-state index >= 15 is 0 Å². The third-order valence-corrected chi connectivity index (χ3v) is 2.40. The molecule has 1 amide bonds. The van der Waals surface area contributed by atoms with Gasteiger partial charge in [0.05, 0.1) is 17.9 Å². The first-order valence-electron chi connectivity index (χ1n) is 5.96. The Labute approximate surface area is 103 Å². The van der Waals surface area contributed by atoms with Crippen molar-refractivity contribution in [1.29, 1.82) is 0 Å². The largest absolute Gasteiger partial charge is 0.355 e. The minimum atomic E-state index is 0.0394. The highest BCUT2D eigenvalue weighted by molar-refractivity contribution is 5.77. The van der Waals surface area contributed by atoms with Crippen LogP contribution in [-0.2, 0) is 18.4 Å². The number of rotatable bonds is 6. The average molecular weight is 238 g/mol. The van der Waals surface area contributed by atoms with Gasteiger partial charge < -0.3 is 10.6 Å². The standard InChI is InChI=1S/C12H22N4O/c1-9(2)6-14-12(17)8-13-7-11-5-10(3)15-16(11)4/h5,9,13H,6-8H2,1-4H3,(H,14,17). The Balaban J connectivity index is 2.23. The van der Waals surface area contributed by atoms with Crippen LogP contribution >= 0.6 is 0 Å². The van der Waals surface area contributed by atoms with Crippen LogP contribution in [0.5, 0.6) is 0 Å². The molecule has 5 nitrogen and oxygen atoms in total. The van der Waals surface area contributed by atoms with E-state index in [1.807, 2.05) is 24.7 Å². The Morgan fingerprint density at radius 3 is 2.76 bits per heavy atom. The number of carbonyl (C=O) groups excluding carboxylic acids is 1. The van der Waals surface area contributed by atoms with Crippen molar-refractivity contribution < 1.29 is 4.79 Å². The zero-order chi connectivity index (χ0) is 12.8. The maximum atomic E-state index is 11.4. The summed E-state index contributed by atoms with van der Waals surface area (Å²) in [6, 6.07) is 2.01. The molecule has 1 aromatic heterocycles. The summed E-state index contributed by atoms with van der Waals surface area (Å²) in [6.07, 6.45) is 0. The molecule has 1 aromatic rings. The molecule has 0 aliphatic rings. The Morgan fingerprint density at radius 1 is 1.53 bits per heavy atom. The molecule has 0 aromatic carbocycles. The van der Waals surface area contributed by atoms with Crippen molar-refractivity contribution >= 4 is 5.91 Å². The molecule has 1 heterocycles. The van der Waals surface area contributed by atoms with Gasteiger partial charge in [-0.15, -0.1) is 0 Å². The van der Waals surface area contributed by atoms with Gasteiger partial charge in [0, 0.05) is 20.1 Å². The highest BCUT2D eigenvalue weighted by atomic mass is 16.1. The summed E-state index contributed by atoms with van der Waals surface area (Å²) in [5.74, 6) is 0.524. The van der Waals surface area contributed by atoms with E-state index in [0.29, 0.717) is 19.0 Å². The molecular formula is C12H22N4O. The molecule has 2 N–H and O–H groups in total. The van der Waals surface area contributed by atoms with E-state index in [2.05, 4.69) is 29.6 Å². The molecule has 0 saturated carbocycles. The second-order valence-corrected chi connectivity index (χ2v) is 4.70. The van der Waals surface area contributed by atoms with Crippen LogP contribution in [0.1, 0.15) is 25.2 Å². The SMILES string of the molecule is Cc1cc(CNCC(=O)NCC(C)C)n(C)n1. The van der Waals surface area contributed by atoms with Crippen LogP contribution in [0.15, 0.2) is 6.07 Å². The zero-order valence-electron chi connectivity index (χ0n) is 11.1. The lowest BCUT2D eigenvalue weighted by molar-refractivity contribution is -0.120. The lowest BCUT2D eigenvalue weighted by Gasteiger charge is -2.08. The van der Waals surface area contributed by atoms with Gasteiger partial charge in [-0.25, -0.2) is 0 Å². The fourth-order valence-corrected chi connectivity index (χ4v) is 1.51. The molecule has 1 rings (SSSR count).